The summed E-state index contributed by atoms with van der Waals surface area (Å²) < 4.78 is 0. The molecule has 9 N–H and O–H groups in total. The van der Waals surface area contributed by atoms with Crippen LogP contribution in [0.2, 0.25) is 0 Å². The van der Waals surface area contributed by atoms with Crippen LogP contribution >= 0.6 is 0 Å². The maximum atomic E-state index is 13.3. The lowest BCUT2D eigenvalue weighted by atomic mass is 9.98. The Labute approximate surface area is 243 Å². The van der Waals surface area contributed by atoms with E-state index in [4.69, 9.17) is 5.73 Å². The number of nitrogens with one attached hydrogen (secondary N) is 4. The number of carbonyl (C=O) groups excluding carboxylic acids is 3. The Kier molecular flexibility index (Phi) is 11.1. The van der Waals surface area contributed by atoms with Crippen LogP contribution in [-0.2, 0) is 32.0 Å². The number of benzene rings is 2. The van der Waals surface area contributed by atoms with Gasteiger partial charge in [0.2, 0.25) is 17.7 Å². The van der Waals surface area contributed by atoms with Crippen molar-refractivity contribution in [3.63, 3.8) is 0 Å². The number of hydrogen-bond acceptors (Lipinski definition) is 7. The fourth-order valence-corrected chi connectivity index (χ4v) is 4.57. The molecule has 0 saturated carbocycles. The van der Waals surface area contributed by atoms with Crippen molar-refractivity contribution >= 4 is 34.6 Å². The minimum Gasteiger partial charge on any atom is -0.508 e. The Morgan fingerprint density at radius 1 is 0.881 bits per heavy atom. The molecule has 0 fully saturated rings. The number of aromatic amines is 1. The highest BCUT2D eigenvalue weighted by Crippen LogP contribution is 2.19. The molecule has 226 valence electrons. The average Bonchev–Trinajstić information content (AvgIpc) is 3.36. The van der Waals surface area contributed by atoms with Crippen molar-refractivity contribution in [2.75, 3.05) is 0 Å². The summed E-state index contributed by atoms with van der Waals surface area (Å²) in [5.74, 6) is -3.89. The van der Waals surface area contributed by atoms with Gasteiger partial charge in [-0.15, -0.1) is 0 Å². The minimum absolute atomic E-state index is 0.00681. The van der Waals surface area contributed by atoms with Gasteiger partial charge in [0.05, 0.1) is 12.1 Å². The smallest absolute Gasteiger partial charge is 0.326 e. The van der Waals surface area contributed by atoms with Gasteiger partial charge >= 0.3 is 5.97 Å². The van der Waals surface area contributed by atoms with Gasteiger partial charge in [0.25, 0.3) is 0 Å². The van der Waals surface area contributed by atoms with Crippen LogP contribution in [0.1, 0.15) is 38.3 Å². The number of aromatic nitrogens is 1. The molecule has 0 saturated heterocycles. The number of phenolic OH excluding ortho intramolecular Hbond substituents is 1. The summed E-state index contributed by atoms with van der Waals surface area (Å²) in [6.07, 6.45) is 1.01. The number of carbonyl (C=O) groups is 4. The Balaban J connectivity index is 1.76. The number of fused-ring (bicyclic) bond motifs is 1. The highest BCUT2D eigenvalue weighted by Gasteiger charge is 2.33. The molecule has 6 unspecified atom stereocenters. The van der Waals surface area contributed by atoms with E-state index in [-0.39, 0.29) is 24.5 Å². The van der Waals surface area contributed by atoms with Crippen molar-refractivity contribution in [1.82, 2.24) is 20.9 Å². The first-order chi connectivity index (χ1) is 19.9. The zero-order valence-corrected chi connectivity index (χ0v) is 23.8. The van der Waals surface area contributed by atoms with Gasteiger partial charge in [-0.25, -0.2) is 4.79 Å². The molecular formula is C30H39N5O7. The normalized spacial score (nSPS) is 15.5. The predicted molar refractivity (Wildman–Crippen MR) is 156 cm³/mol. The number of aliphatic hydroxyl groups excluding tert-OH is 1. The first-order valence-electron chi connectivity index (χ1n) is 13.8. The van der Waals surface area contributed by atoms with Crippen LogP contribution in [0.4, 0.5) is 0 Å². The molecular weight excluding hydrogens is 542 g/mol. The topological polar surface area (TPSA) is 207 Å². The highest BCUT2D eigenvalue weighted by atomic mass is 16.4. The molecule has 6 atom stereocenters. The van der Waals surface area contributed by atoms with E-state index in [0.29, 0.717) is 12.0 Å². The molecule has 12 nitrogen and oxygen atoms in total. The van der Waals surface area contributed by atoms with E-state index in [0.717, 1.165) is 16.5 Å². The third-order valence-electron chi connectivity index (χ3n) is 7.30. The van der Waals surface area contributed by atoms with Crippen LogP contribution in [0.15, 0.2) is 54.7 Å². The number of amides is 3. The van der Waals surface area contributed by atoms with Gasteiger partial charge in [0.15, 0.2) is 0 Å². The van der Waals surface area contributed by atoms with E-state index in [2.05, 4.69) is 20.9 Å². The lowest BCUT2D eigenvalue weighted by Gasteiger charge is -2.27. The summed E-state index contributed by atoms with van der Waals surface area (Å²) in [5.41, 5.74) is 8.43. The molecule has 2 aromatic carbocycles. The summed E-state index contributed by atoms with van der Waals surface area (Å²) in [6.45, 7) is 4.79. The lowest BCUT2D eigenvalue weighted by molar-refractivity contribution is -0.144. The van der Waals surface area contributed by atoms with E-state index in [1.807, 2.05) is 24.3 Å². The fraction of sp³-hybridized carbons (Fsp3) is 0.400. The zero-order valence-electron chi connectivity index (χ0n) is 23.8. The second-order valence-electron chi connectivity index (χ2n) is 10.5. The number of aliphatic hydroxyl groups is 1. The molecule has 1 heterocycles. The molecule has 0 bridgehead atoms. The largest absolute Gasteiger partial charge is 0.508 e. The summed E-state index contributed by atoms with van der Waals surface area (Å²) >= 11 is 0. The number of carboxylic acids is 1. The van der Waals surface area contributed by atoms with E-state index < -0.39 is 54.0 Å². The minimum atomic E-state index is -1.45. The van der Waals surface area contributed by atoms with Crippen LogP contribution in [0.5, 0.6) is 5.75 Å². The van der Waals surface area contributed by atoms with Gasteiger partial charge in [0, 0.05) is 23.5 Å². The van der Waals surface area contributed by atoms with Crippen molar-refractivity contribution in [2.45, 2.75) is 70.3 Å². The summed E-state index contributed by atoms with van der Waals surface area (Å²) in [5, 5.41) is 38.1. The van der Waals surface area contributed by atoms with Crippen LogP contribution in [0.25, 0.3) is 10.9 Å². The maximum absolute atomic E-state index is 13.3. The van der Waals surface area contributed by atoms with Gasteiger partial charge in [-0.05, 0) is 48.6 Å². The van der Waals surface area contributed by atoms with Crippen molar-refractivity contribution in [1.29, 1.82) is 0 Å². The molecule has 1 aromatic heterocycles. The maximum Gasteiger partial charge on any atom is 0.326 e. The molecule has 0 aliphatic heterocycles. The molecule has 42 heavy (non-hydrogen) atoms. The van der Waals surface area contributed by atoms with Crippen LogP contribution < -0.4 is 21.7 Å². The van der Waals surface area contributed by atoms with Gasteiger partial charge in [-0.1, -0.05) is 50.6 Å². The van der Waals surface area contributed by atoms with Crippen molar-refractivity contribution in [3.05, 3.63) is 65.9 Å². The number of para-hydroxylation sites is 1. The van der Waals surface area contributed by atoms with Crippen LogP contribution in [0.3, 0.4) is 0 Å². The van der Waals surface area contributed by atoms with E-state index in [1.54, 1.807) is 32.2 Å². The first-order valence-corrected chi connectivity index (χ1v) is 13.8. The van der Waals surface area contributed by atoms with Gasteiger partial charge in [-0.3, -0.25) is 14.4 Å². The second kappa shape index (κ2) is 14.5. The first kappa shape index (κ1) is 32.1. The molecule has 0 radical (unpaired) electrons. The van der Waals surface area contributed by atoms with Crippen molar-refractivity contribution in [3.8, 4) is 5.75 Å². The van der Waals surface area contributed by atoms with E-state index >= 15 is 0 Å². The molecule has 3 amide bonds. The van der Waals surface area contributed by atoms with Crippen LogP contribution in [0, 0.1) is 5.92 Å². The predicted octanol–water partition coefficient (Wildman–Crippen LogP) is 0.952. The summed E-state index contributed by atoms with van der Waals surface area (Å²) in [6, 6.07) is 8.53. The molecule has 12 heteroatoms. The number of nitrogens with two attached hydrogens (primary N) is 1. The SMILES string of the molecule is CCC(C)C(NC(=O)C(Cc1ccc(O)cc1)NC(=O)C(NC(=O)C(N)Cc1c[nH]c2ccccc12)C(C)O)C(=O)O. The summed E-state index contributed by atoms with van der Waals surface area (Å²) in [4.78, 5) is 54.5. The van der Waals surface area contributed by atoms with Crippen molar-refractivity contribution < 1.29 is 34.5 Å². The highest BCUT2D eigenvalue weighted by molar-refractivity contribution is 5.95. The lowest BCUT2D eigenvalue weighted by Crippen LogP contribution is -2.60. The Morgan fingerprint density at radius 2 is 1.52 bits per heavy atom. The number of phenols is 1. The Bertz CT molecular complexity index is 1390. The quantitative estimate of drug-likeness (QED) is 0.137. The number of carboxylic acid groups (broad SMARTS) is 1. The molecule has 3 aromatic rings. The second-order valence-corrected chi connectivity index (χ2v) is 10.5. The number of hydrogen-bond donors (Lipinski definition) is 8. The molecule has 3 rings (SSSR count). The number of aliphatic carboxylic acids is 1. The van der Waals surface area contributed by atoms with E-state index in [1.165, 1.54) is 19.1 Å². The number of H-pyrrole nitrogens is 1. The number of rotatable bonds is 14. The standard InChI is InChI=1S/C30H39N5O7/c1-4-16(2)25(30(41)42)34-28(39)24(13-18-9-11-20(37)12-10-18)33-29(40)26(17(3)36)35-27(38)22(31)14-19-15-32-23-8-6-5-7-21(19)23/h5-12,15-17,22,24-26,32,36-37H,4,13-14,31H2,1-3H3,(H,33,40)(H,34,39)(H,35,38)(H,41,42). The fourth-order valence-electron chi connectivity index (χ4n) is 4.57. The zero-order chi connectivity index (χ0) is 31.0. The third-order valence-corrected chi connectivity index (χ3v) is 7.30. The van der Waals surface area contributed by atoms with E-state index in [9.17, 15) is 34.5 Å². The van der Waals surface area contributed by atoms with Crippen molar-refractivity contribution in [2.24, 2.45) is 11.7 Å². The molecule has 0 aliphatic carbocycles. The van der Waals surface area contributed by atoms with Crippen LogP contribution in [-0.4, -0.2) is 74.3 Å². The van der Waals surface area contributed by atoms with Gasteiger partial charge in [0.1, 0.15) is 23.9 Å². The Morgan fingerprint density at radius 3 is 2.14 bits per heavy atom. The molecule has 0 aliphatic rings. The summed E-state index contributed by atoms with van der Waals surface area (Å²) in [7, 11) is 0. The molecule has 0 spiro atoms. The Hall–Kier alpha value is -4.42. The van der Waals surface area contributed by atoms with Gasteiger partial charge < -0.3 is 42.0 Å². The number of aromatic hydroxyl groups is 1. The van der Waals surface area contributed by atoms with Gasteiger partial charge in [-0.2, -0.15) is 0 Å². The monoisotopic (exact) mass is 581 g/mol. The third kappa shape index (κ3) is 8.30. The average molecular weight is 582 g/mol.